The van der Waals surface area contributed by atoms with Gasteiger partial charge in [-0.2, -0.15) is 0 Å². The summed E-state index contributed by atoms with van der Waals surface area (Å²) in [5, 5.41) is 2.84. The summed E-state index contributed by atoms with van der Waals surface area (Å²) in [7, 11) is 0. The number of amides is 2. The minimum Gasteiger partial charge on any atom is -0.492 e. The van der Waals surface area contributed by atoms with Gasteiger partial charge >= 0.3 is 0 Å². The van der Waals surface area contributed by atoms with Crippen LogP contribution < -0.4 is 14.8 Å². The van der Waals surface area contributed by atoms with Crippen molar-refractivity contribution >= 4 is 11.8 Å². The number of carbonyl (C=O) groups is 2. The fourth-order valence-corrected chi connectivity index (χ4v) is 3.98. The molecule has 1 N–H and O–H groups in total. The third-order valence-electron chi connectivity index (χ3n) is 5.61. The molecule has 6 heteroatoms. The lowest BCUT2D eigenvalue weighted by Gasteiger charge is -2.38. The Hall–Kier alpha value is -3.02. The SMILES string of the molecule is Cc1cccc(OCCNC(=O)c2ccc(OCC(=O)N3C(C)CCCC3C)cc2)c1. The molecule has 6 nitrogen and oxygen atoms in total. The molecule has 2 aromatic carbocycles. The lowest BCUT2D eigenvalue weighted by molar-refractivity contribution is -0.139. The Morgan fingerprint density at radius 1 is 1.00 bits per heavy atom. The van der Waals surface area contributed by atoms with Crippen molar-refractivity contribution in [2.45, 2.75) is 52.1 Å². The summed E-state index contributed by atoms with van der Waals surface area (Å²) in [6.07, 6.45) is 3.24. The van der Waals surface area contributed by atoms with Crippen LogP contribution in [-0.2, 0) is 4.79 Å². The first-order chi connectivity index (χ1) is 14.9. The highest BCUT2D eigenvalue weighted by Crippen LogP contribution is 2.23. The van der Waals surface area contributed by atoms with Crippen molar-refractivity contribution in [1.82, 2.24) is 10.2 Å². The van der Waals surface area contributed by atoms with Crippen molar-refractivity contribution in [1.29, 1.82) is 0 Å². The summed E-state index contributed by atoms with van der Waals surface area (Å²) in [5.74, 6) is 1.20. The van der Waals surface area contributed by atoms with Crippen molar-refractivity contribution in [2.75, 3.05) is 19.8 Å². The lowest BCUT2D eigenvalue weighted by atomic mass is 9.97. The van der Waals surface area contributed by atoms with Crippen LogP contribution in [0.2, 0.25) is 0 Å². The molecule has 2 atom stereocenters. The van der Waals surface area contributed by atoms with E-state index in [-0.39, 0.29) is 30.5 Å². The number of carbonyl (C=O) groups excluding carboxylic acids is 2. The quantitative estimate of drug-likeness (QED) is 0.651. The van der Waals surface area contributed by atoms with Crippen molar-refractivity contribution in [3.63, 3.8) is 0 Å². The van der Waals surface area contributed by atoms with Gasteiger partial charge in [-0.3, -0.25) is 9.59 Å². The van der Waals surface area contributed by atoms with Crippen LogP contribution in [0.5, 0.6) is 11.5 Å². The first-order valence-electron chi connectivity index (χ1n) is 11.0. The van der Waals surface area contributed by atoms with E-state index < -0.39 is 0 Å². The standard InChI is InChI=1S/C25H32N2O4/c1-18-6-4-9-23(16-18)30-15-14-26-25(29)21-10-12-22(13-11-21)31-17-24(28)27-19(2)7-5-8-20(27)3/h4,6,9-13,16,19-20H,5,7-8,14-15,17H2,1-3H3,(H,26,29). The van der Waals surface area contributed by atoms with E-state index in [1.54, 1.807) is 24.3 Å². The maximum atomic E-state index is 12.6. The van der Waals surface area contributed by atoms with Gasteiger partial charge in [-0.05, 0) is 82.0 Å². The summed E-state index contributed by atoms with van der Waals surface area (Å²) in [6, 6.07) is 15.1. The van der Waals surface area contributed by atoms with E-state index in [0.29, 0.717) is 24.5 Å². The molecule has 0 radical (unpaired) electrons. The van der Waals surface area contributed by atoms with Crippen LogP contribution in [0.3, 0.4) is 0 Å². The van der Waals surface area contributed by atoms with E-state index in [4.69, 9.17) is 9.47 Å². The highest BCUT2D eigenvalue weighted by molar-refractivity contribution is 5.94. The molecule has 0 bridgehead atoms. The van der Waals surface area contributed by atoms with E-state index in [9.17, 15) is 9.59 Å². The number of rotatable bonds is 8. The van der Waals surface area contributed by atoms with Crippen molar-refractivity contribution < 1.29 is 19.1 Å². The van der Waals surface area contributed by atoms with Gasteiger partial charge in [0, 0.05) is 17.6 Å². The van der Waals surface area contributed by atoms with Gasteiger partial charge in [-0.25, -0.2) is 0 Å². The van der Waals surface area contributed by atoms with E-state index in [0.717, 1.165) is 30.6 Å². The first-order valence-corrected chi connectivity index (χ1v) is 11.0. The maximum Gasteiger partial charge on any atom is 0.260 e. The predicted octanol–water partition coefficient (Wildman–Crippen LogP) is 3.97. The molecule has 3 rings (SSSR count). The number of likely N-dealkylation sites (tertiary alicyclic amines) is 1. The first kappa shape index (κ1) is 22.7. The molecule has 31 heavy (non-hydrogen) atoms. The molecule has 0 aliphatic carbocycles. The van der Waals surface area contributed by atoms with Gasteiger partial charge in [0.05, 0.1) is 6.54 Å². The largest absolute Gasteiger partial charge is 0.492 e. The molecular weight excluding hydrogens is 392 g/mol. The monoisotopic (exact) mass is 424 g/mol. The molecular formula is C25H32N2O4. The molecule has 0 spiro atoms. The molecule has 1 aliphatic heterocycles. The number of nitrogens with one attached hydrogen (secondary N) is 1. The third-order valence-corrected chi connectivity index (χ3v) is 5.61. The number of hydrogen-bond donors (Lipinski definition) is 1. The highest BCUT2D eigenvalue weighted by atomic mass is 16.5. The van der Waals surface area contributed by atoms with Gasteiger partial charge in [0.1, 0.15) is 18.1 Å². The zero-order valence-electron chi connectivity index (χ0n) is 18.6. The summed E-state index contributed by atoms with van der Waals surface area (Å²) in [5.41, 5.74) is 1.66. The maximum absolute atomic E-state index is 12.6. The summed E-state index contributed by atoms with van der Waals surface area (Å²) in [4.78, 5) is 26.8. The Balaban J connectivity index is 1.41. The second kappa shape index (κ2) is 10.8. The van der Waals surface area contributed by atoms with Crippen LogP contribution in [0.15, 0.2) is 48.5 Å². The van der Waals surface area contributed by atoms with Gasteiger partial charge in [0.2, 0.25) is 0 Å². The van der Waals surface area contributed by atoms with Gasteiger partial charge < -0.3 is 19.7 Å². The van der Waals surface area contributed by atoms with Crippen LogP contribution in [0.1, 0.15) is 49.0 Å². The molecule has 0 aromatic heterocycles. The number of piperidine rings is 1. The molecule has 166 valence electrons. The van der Waals surface area contributed by atoms with Gasteiger partial charge in [-0.1, -0.05) is 12.1 Å². The number of benzene rings is 2. The zero-order chi connectivity index (χ0) is 22.2. The predicted molar refractivity (Wildman–Crippen MR) is 121 cm³/mol. The van der Waals surface area contributed by atoms with Crippen LogP contribution in [0, 0.1) is 6.92 Å². The van der Waals surface area contributed by atoms with Crippen LogP contribution >= 0.6 is 0 Å². The molecule has 2 amide bonds. The zero-order valence-corrected chi connectivity index (χ0v) is 18.6. The van der Waals surface area contributed by atoms with Crippen LogP contribution in [0.25, 0.3) is 0 Å². The molecule has 1 aliphatic rings. The second-order valence-electron chi connectivity index (χ2n) is 8.16. The normalized spacial score (nSPS) is 18.4. The van der Waals surface area contributed by atoms with Gasteiger partial charge in [0.25, 0.3) is 11.8 Å². The average molecular weight is 425 g/mol. The van der Waals surface area contributed by atoms with E-state index in [2.05, 4.69) is 19.2 Å². The van der Waals surface area contributed by atoms with Crippen molar-refractivity contribution in [2.24, 2.45) is 0 Å². The minimum absolute atomic E-state index is 0.00938. The van der Waals surface area contributed by atoms with Crippen LogP contribution in [-0.4, -0.2) is 48.6 Å². The molecule has 2 unspecified atom stereocenters. The summed E-state index contributed by atoms with van der Waals surface area (Å²) < 4.78 is 11.3. The molecule has 0 saturated carbocycles. The molecule has 1 heterocycles. The number of ether oxygens (including phenoxy) is 2. The third kappa shape index (κ3) is 6.48. The highest BCUT2D eigenvalue weighted by Gasteiger charge is 2.28. The number of hydrogen-bond acceptors (Lipinski definition) is 4. The van der Waals surface area contributed by atoms with E-state index in [1.807, 2.05) is 36.1 Å². The fourth-order valence-electron chi connectivity index (χ4n) is 3.98. The van der Waals surface area contributed by atoms with Gasteiger partial charge in [0.15, 0.2) is 6.61 Å². The Morgan fingerprint density at radius 2 is 1.71 bits per heavy atom. The Labute approximate surface area is 184 Å². The molecule has 1 saturated heterocycles. The Bertz CT molecular complexity index is 871. The Morgan fingerprint density at radius 3 is 2.39 bits per heavy atom. The van der Waals surface area contributed by atoms with Gasteiger partial charge in [-0.15, -0.1) is 0 Å². The average Bonchev–Trinajstić information content (AvgIpc) is 2.75. The second-order valence-corrected chi connectivity index (χ2v) is 8.16. The van der Waals surface area contributed by atoms with Crippen LogP contribution in [0.4, 0.5) is 0 Å². The molecule has 2 aromatic rings. The van der Waals surface area contributed by atoms with Crippen molar-refractivity contribution in [3.8, 4) is 11.5 Å². The Kier molecular flexibility index (Phi) is 7.93. The topological polar surface area (TPSA) is 67.9 Å². The minimum atomic E-state index is -0.175. The van der Waals surface area contributed by atoms with E-state index in [1.165, 1.54) is 0 Å². The summed E-state index contributed by atoms with van der Waals surface area (Å²) in [6.45, 7) is 7.00. The fraction of sp³-hybridized carbons (Fsp3) is 0.440. The van der Waals surface area contributed by atoms with E-state index >= 15 is 0 Å². The summed E-state index contributed by atoms with van der Waals surface area (Å²) >= 11 is 0. The van der Waals surface area contributed by atoms with Crippen molar-refractivity contribution in [3.05, 3.63) is 59.7 Å². The number of nitrogens with zero attached hydrogens (tertiary/aromatic N) is 1. The lowest BCUT2D eigenvalue weighted by Crippen LogP contribution is -2.49. The molecule has 1 fully saturated rings. The smallest absolute Gasteiger partial charge is 0.260 e. The number of aryl methyl sites for hydroxylation is 1.